The molecule has 2 heteroatoms. The van der Waals surface area contributed by atoms with Crippen LogP contribution in [0.3, 0.4) is 0 Å². The van der Waals surface area contributed by atoms with Gasteiger partial charge in [0.2, 0.25) is 0 Å². The molecule has 1 rings (SSSR count). The standard InChI is InChI=1S/C6H10O2/c1-8-6(7)5-3-2-4-5/h5H,2-4H2,1H3/i5D. The minimum atomic E-state index is -0.880. The lowest BCUT2D eigenvalue weighted by molar-refractivity contribution is -0.148. The lowest BCUT2D eigenvalue weighted by atomic mass is 9.86. The van der Waals surface area contributed by atoms with E-state index in [-0.39, 0.29) is 5.97 Å². The molecule has 0 aliphatic heterocycles. The van der Waals surface area contributed by atoms with Crippen LogP contribution in [0.5, 0.6) is 0 Å². The number of hydrogen-bond acceptors (Lipinski definition) is 2. The Hall–Kier alpha value is -0.530. The van der Waals surface area contributed by atoms with Gasteiger partial charge in [-0.05, 0) is 12.8 Å². The van der Waals surface area contributed by atoms with Gasteiger partial charge in [-0.1, -0.05) is 6.42 Å². The van der Waals surface area contributed by atoms with Crippen molar-refractivity contribution >= 4 is 5.97 Å². The van der Waals surface area contributed by atoms with Crippen molar-refractivity contribution in [3.63, 3.8) is 0 Å². The minimum Gasteiger partial charge on any atom is -0.469 e. The molecule has 0 unspecified atom stereocenters. The summed E-state index contributed by atoms with van der Waals surface area (Å²) in [7, 11) is 1.33. The number of carbonyl (C=O) groups is 1. The second kappa shape index (κ2) is 2.16. The summed E-state index contributed by atoms with van der Waals surface area (Å²) < 4.78 is 11.8. The Morgan fingerprint density at radius 2 is 2.50 bits per heavy atom. The highest BCUT2D eigenvalue weighted by Crippen LogP contribution is 2.26. The van der Waals surface area contributed by atoms with Crippen LogP contribution in [0.4, 0.5) is 0 Å². The zero-order valence-electron chi connectivity index (χ0n) is 5.94. The molecule has 0 spiro atoms. The third-order valence-corrected chi connectivity index (χ3v) is 1.43. The Labute approximate surface area is 50.2 Å². The molecule has 1 saturated carbocycles. The van der Waals surface area contributed by atoms with E-state index < -0.39 is 5.89 Å². The van der Waals surface area contributed by atoms with Gasteiger partial charge in [0.15, 0.2) is 0 Å². The molecule has 0 saturated heterocycles. The normalized spacial score (nSPS) is 25.4. The molecule has 0 aromatic heterocycles. The topological polar surface area (TPSA) is 26.3 Å². The highest BCUT2D eigenvalue weighted by Gasteiger charge is 2.25. The van der Waals surface area contributed by atoms with E-state index in [2.05, 4.69) is 4.74 Å². The zero-order valence-corrected chi connectivity index (χ0v) is 4.94. The van der Waals surface area contributed by atoms with E-state index in [1.54, 1.807) is 0 Å². The van der Waals surface area contributed by atoms with Crippen molar-refractivity contribution in [3.8, 4) is 0 Å². The van der Waals surface area contributed by atoms with Crippen molar-refractivity contribution in [3.05, 3.63) is 0 Å². The first kappa shape index (κ1) is 4.36. The predicted octanol–water partition coefficient (Wildman–Crippen LogP) is 0.960. The van der Waals surface area contributed by atoms with E-state index in [0.717, 1.165) is 6.42 Å². The van der Waals surface area contributed by atoms with E-state index in [4.69, 9.17) is 1.37 Å². The molecule has 0 aromatic carbocycles. The number of carbonyl (C=O) groups excluding carboxylic acids is 1. The molecule has 0 radical (unpaired) electrons. The fraction of sp³-hybridized carbons (Fsp3) is 0.833. The maximum atomic E-state index is 10.7. The van der Waals surface area contributed by atoms with Gasteiger partial charge < -0.3 is 4.74 Å². The maximum Gasteiger partial charge on any atom is 0.308 e. The molecule has 1 aliphatic rings. The molecule has 0 aromatic rings. The maximum absolute atomic E-state index is 10.7. The van der Waals surface area contributed by atoms with Gasteiger partial charge in [0.25, 0.3) is 0 Å². The summed E-state index contributed by atoms with van der Waals surface area (Å²) in [5, 5.41) is 0. The molecule has 1 aliphatic carbocycles. The first-order chi connectivity index (χ1) is 4.19. The van der Waals surface area contributed by atoms with Crippen LogP contribution in [0.25, 0.3) is 0 Å². The number of esters is 1. The zero-order chi connectivity index (χ0) is 6.91. The fourth-order valence-corrected chi connectivity index (χ4v) is 0.702. The van der Waals surface area contributed by atoms with Gasteiger partial charge in [-0.3, -0.25) is 4.79 Å². The second-order valence-corrected chi connectivity index (χ2v) is 1.95. The first-order valence-corrected chi connectivity index (χ1v) is 2.77. The Morgan fingerprint density at radius 1 is 1.88 bits per heavy atom. The highest BCUT2D eigenvalue weighted by molar-refractivity contribution is 5.72. The molecule has 0 heterocycles. The second-order valence-electron chi connectivity index (χ2n) is 1.95. The summed E-state index contributed by atoms with van der Waals surface area (Å²) in [6.07, 6.45) is 2.32. The summed E-state index contributed by atoms with van der Waals surface area (Å²) in [6, 6.07) is 0. The first-order valence-electron chi connectivity index (χ1n) is 3.27. The molecular formula is C6H10O2. The molecule has 1 fully saturated rings. The number of rotatable bonds is 1. The van der Waals surface area contributed by atoms with Gasteiger partial charge in [0, 0.05) is 1.37 Å². The molecule has 0 N–H and O–H groups in total. The summed E-state index contributed by atoms with van der Waals surface area (Å²) in [4.78, 5) is 10.7. The van der Waals surface area contributed by atoms with Gasteiger partial charge in [-0.2, -0.15) is 0 Å². The number of hydrogen-bond donors (Lipinski definition) is 0. The van der Waals surface area contributed by atoms with E-state index in [0.29, 0.717) is 12.8 Å². The van der Waals surface area contributed by atoms with Crippen LogP contribution in [-0.4, -0.2) is 13.1 Å². The van der Waals surface area contributed by atoms with Crippen molar-refractivity contribution < 1.29 is 10.9 Å². The van der Waals surface area contributed by atoms with E-state index in [9.17, 15) is 4.79 Å². The van der Waals surface area contributed by atoms with Crippen molar-refractivity contribution in [1.82, 2.24) is 0 Å². The smallest absolute Gasteiger partial charge is 0.308 e. The summed E-state index contributed by atoms with van der Waals surface area (Å²) >= 11 is 0. The summed E-state index contributed by atoms with van der Waals surface area (Å²) in [5.74, 6) is -1.26. The average Bonchev–Trinajstić information content (AvgIpc) is 1.81. The Morgan fingerprint density at radius 3 is 2.62 bits per heavy atom. The van der Waals surface area contributed by atoms with Crippen LogP contribution in [-0.2, 0) is 9.53 Å². The molecule has 2 nitrogen and oxygen atoms in total. The SMILES string of the molecule is [2H]C1(C(=O)OC)CCC1. The Kier molecular flexibility index (Phi) is 1.18. The Balaban J connectivity index is 2.49. The van der Waals surface area contributed by atoms with Crippen LogP contribution < -0.4 is 0 Å². The van der Waals surface area contributed by atoms with E-state index in [1.165, 1.54) is 7.11 Å². The number of methoxy groups -OCH3 is 1. The molecule has 46 valence electrons. The van der Waals surface area contributed by atoms with Gasteiger partial charge in [-0.25, -0.2) is 0 Å². The van der Waals surface area contributed by atoms with Gasteiger partial charge in [0.05, 0.1) is 13.0 Å². The van der Waals surface area contributed by atoms with Crippen molar-refractivity contribution in [2.24, 2.45) is 5.89 Å². The molecule has 8 heavy (non-hydrogen) atoms. The quantitative estimate of drug-likeness (QED) is 0.476. The third kappa shape index (κ3) is 0.831. The van der Waals surface area contributed by atoms with Crippen LogP contribution >= 0.6 is 0 Å². The van der Waals surface area contributed by atoms with Crippen LogP contribution in [0.1, 0.15) is 20.6 Å². The fourth-order valence-electron chi connectivity index (χ4n) is 0.702. The lowest BCUT2D eigenvalue weighted by Gasteiger charge is -2.21. The lowest BCUT2D eigenvalue weighted by Crippen LogP contribution is -2.22. The predicted molar refractivity (Wildman–Crippen MR) is 29.4 cm³/mol. The minimum absolute atomic E-state index is 0.381. The van der Waals surface area contributed by atoms with Gasteiger partial charge in [0.1, 0.15) is 0 Å². The average molecular weight is 115 g/mol. The van der Waals surface area contributed by atoms with E-state index >= 15 is 0 Å². The number of ether oxygens (including phenoxy) is 1. The summed E-state index contributed by atoms with van der Waals surface area (Å²) in [5.41, 5.74) is 0. The van der Waals surface area contributed by atoms with Crippen LogP contribution in [0.2, 0.25) is 0 Å². The Bertz CT molecular complexity index is 129. The van der Waals surface area contributed by atoms with Crippen LogP contribution in [0, 0.1) is 5.89 Å². The largest absolute Gasteiger partial charge is 0.469 e. The van der Waals surface area contributed by atoms with Crippen molar-refractivity contribution in [2.45, 2.75) is 19.3 Å². The van der Waals surface area contributed by atoms with Crippen LogP contribution in [0.15, 0.2) is 0 Å². The molecular weight excluding hydrogens is 104 g/mol. The third-order valence-electron chi connectivity index (χ3n) is 1.43. The monoisotopic (exact) mass is 115 g/mol. The van der Waals surface area contributed by atoms with Gasteiger partial charge in [-0.15, -0.1) is 0 Å². The van der Waals surface area contributed by atoms with E-state index in [1.807, 2.05) is 0 Å². The molecule has 0 atom stereocenters. The van der Waals surface area contributed by atoms with Crippen molar-refractivity contribution in [1.29, 1.82) is 0 Å². The highest BCUT2D eigenvalue weighted by atomic mass is 16.5. The molecule has 0 bridgehead atoms. The van der Waals surface area contributed by atoms with Crippen molar-refractivity contribution in [2.75, 3.05) is 7.11 Å². The summed E-state index contributed by atoms with van der Waals surface area (Å²) in [6.45, 7) is 0. The molecule has 0 amide bonds. The van der Waals surface area contributed by atoms with Gasteiger partial charge >= 0.3 is 5.97 Å².